The summed E-state index contributed by atoms with van der Waals surface area (Å²) in [5, 5.41) is 3.41. The molecule has 0 unspecified atom stereocenters. The number of nitrogens with two attached hydrogens (primary N) is 1. The van der Waals surface area contributed by atoms with E-state index in [0.29, 0.717) is 41.5 Å². The van der Waals surface area contributed by atoms with Crippen molar-refractivity contribution in [3.8, 4) is 0 Å². The molecule has 1 aromatic carbocycles. The van der Waals surface area contributed by atoms with Crippen molar-refractivity contribution < 1.29 is 22.7 Å². The minimum atomic E-state index is -4.60. The summed E-state index contributed by atoms with van der Waals surface area (Å²) in [5.41, 5.74) is 4.90. The molecule has 0 spiro atoms. The van der Waals surface area contributed by atoms with Gasteiger partial charge < -0.3 is 15.8 Å². The smallest absolute Gasteiger partial charge is 0.417 e. The molecule has 1 amide bonds. The summed E-state index contributed by atoms with van der Waals surface area (Å²) >= 11 is 0. The van der Waals surface area contributed by atoms with E-state index in [1.54, 1.807) is 45.0 Å². The van der Waals surface area contributed by atoms with E-state index in [2.05, 4.69) is 16.9 Å². The topological polar surface area (TPSA) is 77.2 Å². The predicted octanol–water partition coefficient (Wildman–Crippen LogP) is 4.85. The second-order valence-corrected chi connectivity index (χ2v) is 7.41. The molecule has 0 saturated carbocycles. The van der Waals surface area contributed by atoms with Crippen LogP contribution in [0.5, 0.6) is 0 Å². The van der Waals surface area contributed by atoms with Crippen molar-refractivity contribution in [2.75, 3.05) is 12.3 Å². The fraction of sp³-hybridized carbons (Fsp3) is 0.400. The quantitative estimate of drug-likeness (QED) is 0.560. The third-order valence-electron chi connectivity index (χ3n) is 3.87. The number of allylic oxidation sites excluding steroid dienone is 1. The molecule has 5 nitrogen and oxygen atoms in total. The minimum Gasteiger partial charge on any atom is -0.444 e. The van der Waals surface area contributed by atoms with Crippen molar-refractivity contribution in [3.63, 3.8) is 0 Å². The van der Waals surface area contributed by atoms with E-state index in [0.717, 1.165) is 0 Å². The number of pyridine rings is 1. The number of carbonyl (C=O) groups excluding carboxylic acids is 1. The molecule has 0 atom stereocenters. The largest absolute Gasteiger partial charge is 0.444 e. The molecule has 8 heteroatoms. The van der Waals surface area contributed by atoms with Gasteiger partial charge in [0, 0.05) is 28.7 Å². The number of nitrogens with zero attached hydrogens (tertiary/aromatic N) is 1. The second-order valence-electron chi connectivity index (χ2n) is 7.41. The molecule has 2 aromatic rings. The number of hydrogen-bond donors (Lipinski definition) is 2. The van der Waals surface area contributed by atoms with E-state index < -0.39 is 23.4 Å². The van der Waals surface area contributed by atoms with E-state index in [-0.39, 0.29) is 5.69 Å². The standard InChI is InChI=1S/C20H24F3N3O2/c1-12(20(21,22)23)17-14-8-5-9-16(24)15(14)11-13(26-17)7-6-10-25-18(27)28-19(2,3)4/h5,8-9,11H,1,6-7,10,24H2,2-4H3,(H,25,27). The summed E-state index contributed by atoms with van der Waals surface area (Å²) in [6, 6.07) is 6.41. The number of nitrogens with one attached hydrogen (secondary N) is 1. The van der Waals surface area contributed by atoms with Crippen LogP contribution in [0.15, 0.2) is 30.8 Å². The Morgan fingerprint density at radius 3 is 2.54 bits per heavy atom. The second kappa shape index (κ2) is 8.08. The average molecular weight is 395 g/mol. The van der Waals surface area contributed by atoms with Gasteiger partial charge in [-0.05, 0) is 45.7 Å². The molecule has 2 rings (SSSR count). The van der Waals surface area contributed by atoms with Crippen LogP contribution in [-0.4, -0.2) is 29.4 Å². The molecular weight excluding hydrogens is 371 g/mol. The van der Waals surface area contributed by atoms with Gasteiger partial charge in [-0.25, -0.2) is 4.79 Å². The Balaban J connectivity index is 2.18. The van der Waals surface area contributed by atoms with Crippen molar-refractivity contribution in [2.24, 2.45) is 0 Å². The lowest BCUT2D eigenvalue weighted by Gasteiger charge is -2.19. The Bertz CT molecular complexity index is 887. The van der Waals surface area contributed by atoms with Gasteiger partial charge in [0.1, 0.15) is 5.60 Å². The highest BCUT2D eigenvalue weighted by molar-refractivity contribution is 5.99. The van der Waals surface area contributed by atoms with Crippen molar-refractivity contribution >= 4 is 28.1 Å². The SMILES string of the molecule is C=C(c1nc(CCCNC(=O)OC(C)(C)C)cc2c(N)cccc12)C(F)(F)F. The Morgan fingerprint density at radius 2 is 1.93 bits per heavy atom. The zero-order valence-corrected chi connectivity index (χ0v) is 16.1. The van der Waals surface area contributed by atoms with E-state index >= 15 is 0 Å². The Kier molecular flexibility index (Phi) is 6.21. The van der Waals surface area contributed by atoms with Crippen molar-refractivity contribution in [3.05, 3.63) is 42.2 Å². The van der Waals surface area contributed by atoms with Crippen LogP contribution in [0.3, 0.4) is 0 Å². The van der Waals surface area contributed by atoms with Gasteiger partial charge in [0.05, 0.1) is 11.3 Å². The summed E-state index contributed by atoms with van der Waals surface area (Å²) in [4.78, 5) is 15.8. The van der Waals surface area contributed by atoms with Gasteiger partial charge in [-0.15, -0.1) is 0 Å². The number of amides is 1. The Morgan fingerprint density at radius 1 is 1.25 bits per heavy atom. The van der Waals surface area contributed by atoms with E-state index in [9.17, 15) is 18.0 Å². The fourth-order valence-electron chi connectivity index (χ4n) is 2.62. The molecule has 0 saturated heterocycles. The number of nitrogen functional groups attached to an aromatic ring is 1. The summed E-state index contributed by atoms with van der Waals surface area (Å²) in [6.07, 6.45) is -4.31. The lowest BCUT2D eigenvalue weighted by molar-refractivity contribution is -0.0688. The van der Waals surface area contributed by atoms with E-state index in [1.807, 2.05) is 0 Å². The number of halogens is 3. The number of carbonyl (C=O) groups is 1. The summed E-state index contributed by atoms with van der Waals surface area (Å²) in [6.45, 7) is 8.73. The van der Waals surface area contributed by atoms with E-state index in [1.165, 1.54) is 0 Å². The average Bonchev–Trinajstić information content (AvgIpc) is 2.56. The molecule has 0 bridgehead atoms. The maximum Gasteiger partial charge on any atom is 0.417 e. The van der Waals surface area contributed by atoms with Crippen molar-refractivity contribution in [1.29, 1.82) is 0 Å². The molecule has 1 heterocycles. The molecule has 0 aliphatic rings. The van der Waals surface area contributed by atoms with Crippen LogP contribution < -0.4 is 11.1 Å². The Labute approximate surface area is 161 Å². The fourth-order valence-corrected chi connectivity index (χ4v) is 2.62. The number of anilines is 1. The lowest BCUT2D eigenvalue weighted by Crippen LogP contribution is -2.33. The van der Waals surface area contributed by atoms with Gasteiger partial charge in [0.2, 0.25) is 0 Å². The van der Waals surface area contributed by atoms with Gasteiger partial charge >= 0.3 is 12.3 Å². The highest BCUT2D eigenvalue weighted by Gasteiger charge is 2.35. The first-order valence-corrected chi connectivity index (χ1v) is 8.80. The van der Waals surface area contributed by atoms with Crippen LogP contribution in [-0.2, 0) is 11.2 Å². The normalized spacial score (nSPS) is 12.1. The highest BCUT2D eigenvalue weighted by atomic mass is 19.4. The number of rotatable bonds is 5. The molecule has 0 fully saturated rings. The van der Waals surface area contributed by atoms with Crippen molar-refractivity contribution in [2.45, 2.75) is 45.4 Å². The number of aromatic nitrogens is 1. The molecule has 0 radical (unpaired) electrons. The molecule has 1 aromatic heterocycles. The van der Waals surface area contributed by atoms with E-state index in [4.69, 9.17) is 10.5 Å². The Hall–Kier alpha value is -2.77. The zero-order chi connectivity index (χ0) is 21.1. The van der Waals surface area contributed by atoms with Gasteiger partial charge in [0.25, 0.3) is 0 Å². The highest BCUT2D eigenvalue weighted by Crippen LogP contribution is 2.36. The maximum atomic E-state index is 13.2. The molecular formula is C20H24F3N3O2. The first kappa shape index (κ1) is 21.5. The molecule has 152 valence electrons. The third-order valence-corrected chi connectivity index (χ3v) is 3.87. The van der Waals surface area contributed by atoms with Gasteiger partial charge in [-0.2, -0.15) is 13.2 Å². The number of ether oxygens (including phenoxy) is 1. The first-order chi connectivity index (χ1) is 12.9. The van der Waals surface area contributed by atoms with Crippen LogP contribution >= 0.6 is 0 Å². The van der Waals surface area contributed by atoms with Gasteiger partial charge in [-0.1, -0.05) is 18.7 Å². The number of fused-ring (bicyclic) bond motifs is 1. The summed E-state index contributed by atoms with van der Waals surface area (Å²) in [5.74, 6) is 0. The van der Waals surface area contributed by atoms with Crippen molar-refractivity contribution in [1.82, 2.24) is 10.3 Å². The minimum absolute atomic E-state index is 0.229. The molecule has 28 heavy (non-hydrogen) atoms. The lowest BCUT2D eigenvalue weighted by atomic mass is 10.0. The number of benzene rings is 1. The number of aryl methyl sites for hydroxylation is 1. The number of alkyl carbamates (subject to hydrolysis) is 1. The van der Waals surface area contributed by atoms with Gasteiger partial charge in [0.15, 0.2) is 0 Å². The van der Waals surface area contributed by atoms with Gasteiger partial charge in [-0.3, -0.25) is 4.98 Å². The van der Waals surface area contributed by atoms with Crippen LogP contribution in [0.25, 0.3) is 16.3 Å². The maximum absolute atomic E-state index is 13.2. The zero-order valence-electron chi connectivity index (χ0n) is 16.1. The third kappa shape index (κ3) is 5.61. The number of alkyl halides is 3. The number of hydrogen-bond acceptors (Lipinski definition) is 4. The van der Waals surface area contributed by atoms with Crippen LogP contribution in [0, 0.1) is 0 Å². The molecule has 0 aliphatic heterocycles. The summed E-state index contributed by atoms with van der Waals surface area (Å²) < 4.78 is 44.7. The monoisotopic (exact) mass is 395 g/mol. The predicted molar refractivity (Wildman–Crippen MR) is 104 cm³/mol. The van der Waals surface area contributed by atoms with Crippen LogP contribution in [0.2, 0.25) is 0 Å². The first-order valence-electron chi connectivity index (χ1n) is 8.80. The molecule has 3 N–H and O–H groups in total. The van der Waals surface area contributed by atoms with Crippen LogP contribution in [0.4, 0.5) is 23.7 Å². The van der Waals surface area contributed by atoms with Crippen LogP contribution in [0.1, 0.15) is 38.6 Å². The summed E-state index contributed by atoms with van der Waals surface area (Å²) in [7, 11) is 0. The molecule has 0 aliphatic carbocycles.